The molecule has 0 aromatic rings. The van der Waals surface area contributed by atoms with Crippen LogP contribution in [-0.4, -0.2) is 37.6 Å². The van der Waals surface area contributed by atoms with E-state index in [1.807, 2.05) is 0 Å². The summed E-state index contributed by atoms with van der Waals surface area (Å²) in [5.74, 6) is 0.844. The summed E-state index contributed by atoms with van der Waals surface area (Å²) in [7, 11) is 2.24. The van der Waals surface area contributed by atoms with Crippen molar-refractivity contribution >= 4 is 0 Å². The highest BCUT2D eigenvalue weighted by atomic mass is 15.1. The Morgan fingerprint density at radius 3 is 2.71 bits per heavy atom. The van der Waals surface area contributed by atoms with E-state index in [0.29, 0.717) is 0 Å². The second kappa shape index (κ2) is 6.41. The van der Waals surface area contributed by atoms with Crippen LogP contribution in [0.1, 0.15) is 39.5 Å². The number of hydrogen-bond acceptors (Lipinski definition) is 2. The molecule has 2 nitrogen and oxygen atoms in total. The molecule has 0 spiro atoms. The van der Waals surface area contributed by atoms with Crippen LogP contribution in [0.5, 0.6) is 0 Å². The average Bonchev–Trinajstić information content (AvgIpc) is 2.96. The minimum Gasteiger partial charge on any atom is -0.314 e. The van der Waals surface area contributed by atoms with E-state index in [2.05, 4.69) is 31.1 Å². The number of nitrogens with zero attached hydrogens (tertiary/aromatic N) is 1. The van der Waals surface area contributed by atoms with Gasteiger partial charge in [0, 0.05) is 12.6 Å². The number of hydrogen-bond donors (Lipinski definition) is 1. The van der Waals surface area contributed by atoms with Crippen molar-refractivity contribution in [2.45, 2.75) is 45.6 Å². The van der Waals surface area contributed by atoms with Gasteiger partial charge in [-0.15, -0.1) is 0 Å². The van der Waals surface area contributed by atoms with E-state index in [1.54, 1.807) is 0 Å². The Morgan fingerprint density at radius 2 is 2.14 bits per heavy atom. The molecule has 1 aliphatic rings. The first-order valence-electron chi connectivity index (χ1n) is 6.14. The summed E-state index contributed by atoms with van der Waals surface area (Å²) in [5, 5.41) is 3.55. The average molecular weight is 198 g/mol. The van der Waals surface area contributed by atoms with E-state index in [-0.39, 0.29) is 0 Å². The predicted molar refractivity (Wildman–Crippen MR) is 62.6 cm³/mol. The Labute approximate surface area is 89.1 Å². The highest BCUT2D eigenvalue weighted by Gasteiger charge is 2.19. The third-order valence-corrected chi connectivity index (χ3v) is 3.05. The minimum absolute atomic E-state index is 0.844. The van der Waals surface area contributed by atoms with Gasteiger partial charge in [-0.05, 0) is 45.3 Å². The van der Waals surface area contributed by atoms with Gasteiger partial charge in [0.1, 0.15) is 0 Å². The van der Waals surface area contributed by atoms with Crippen molar-refractivity contribution in [2.75, 3.05) is 26.7 Å². The van der Waals surface area contributed by atoms with Gasteiger partial charge in [-0.1, -0.05) is 20.3 Å². The van der Waals surface area contributed by atoms with Crippen molar-refractivity contribution in [3.63, 3.8) is 0 Å². The maximum atomic E-state index is 3.55. The Hall–Kier alpha value is -0.0800. The Kier molecular flexibility index (Phi) is 5.49. The van der Waals surface area contributed by atoms with E-state index in [4.69, 9.17) is 0 Å². The normalized spacial score (nSPS) is 18.9. The van der Waals surface area contributed by atoms with Gasteiger partial charge in [0.15, 0.2) is 0 Å². The molecule has 0 bridgehead atoms. The second-order valence-corrected chi connectivity index (χ2v) is 4.86. The van der Waals surface area contributed by atoms with Gasteiger partial charge in [-0.3, -0.25) is 0 Å². The molecular weight excluding hydrogens is 172 g/mol. The third-order valence-electron chi connectivity index (χ3n) is 3.05. The lowest BCUT2D eigenvalue weighted by molar-refractivity contribution is 0.278. The van der Waals surface area contributed by atoms with Crippen molar-refractivity contribution in [3.8, 4) is 0 Å². The van der Waals surface area contributed by atoms with Crippen LogP contribution < -0.4 is 5.32 Å². The van der Waals surface area contributed by atoms with Gasteiger partial charge in [0.25, 0.3) is 0 Å². The predicted octanol–water partition coefficient (Wildman–Crippen LogP) is 2.11. The summed E-state index contributed by atoms with van der Waals surface area (Å²) in [4.78, 5) is 2.46. The fourth-order valence-electron chi connectivity index (χ4n) is 1.70. The number of rotatable bonds is 8. The van der Waals surface area contributed by atoms with Gasteiger partial charge in [0.2, 0.25) is 0 Å². The molecule has 0 radical (unpaired) electrons. The topological polar surface area (TPSA) is 15.3 Å². The van der Waals surface area contributed by atoms with Crippen molar-refractivity contribution in [1.82, 2.24) is 10.2 Å². The van der Waals surface area contributed by atoms with Crippen LogP contribution in [0, 0.1) is 5.92 Å². The highest BCUT2D eigenvalue weighted by Crippen LogP contribution is 2.18. The maximum absolute atomic E-state index is 3.55. The molecule has 0 aromatic carbocycles. The monoisotopic (exact) mass is 198 g/mol. The second-order valence-electron chi connectivity index (χ2n) is 4.86. The van der Waals surface area contributed by atoms with Crippen LogP contribution in [0.25, 0.3) is 0 Å². The van der Waals surface area contributed by atoms with Gasteiger partial charge in [-0.2, -0.15) is 0 Å². The van der Waals surface area contributed by atoms with Crippen molar-refractivity contribution in [3.05, 3.63) is 0 Å². The summed E-state index contributed by atoms with van der Waals surface area (Å²) in [6.45, 7) is 8.30. The van der Waals surface area contributed by atoms with Crippen LogP contribution in [0.2, 0.25) is 0 Å². The molecule has 14 heavy (non-hydrogen) atoms. The molecular formula is C12H26N2. The third kappa shape index (κ3) is 5.61. The van der Waals surface area contributed by atoms with Gasteiger partial charge in [0.05, 0.1) is 0 Å². The fraction of sp³-hybridized carbons (Fsp3) is 1.00. The molecule has 1 fully saturated rings. The first-order valence-corrected chi connectivity index (χ1v) is 6.14. The van der Waals surface area contributed by atoms with Gasteiger partial charge in [-0.25, -0.2) is 0 Å². The molecule has 0 heterocycles. The zero-order chi connectivity index (χ0) is 10.4. The van der Waals surface area contributed by atoms with E-state index < -0.39 is 0 Å². The molecule has 1 saturated carbocycles. The molecule has 1 N–H and O–H groups in total. The molecule has 1 rings (SSSR count). The van der Waals surface area contributed by atoms with E-state index in [9.17, 15) is 0 Å². The maximum Gasteiger partial charge on any atom is 0.00682 e. The van der Waals surface area contributed by atoms with Crippen molar-refractivity contribution in [2.24, 2.45) is 5.92 Å². The quantitative estimate of drug-likeness (QED) is 0.601. The van der Waals surface area contributed by atoms with Crippen LogP contribution >= 0.6 is 0 Å². The summed E-state index contributed by atoms with van der Waals surface area (Å²) < 4.78 is 0. The highest BCUT2D eigenvalue weighted by molar-refractivity contribution is 4.80. The Morgan fingerprint density at radius 1 is 1.43 bits per heavy atom. The van der Waals surface area contributed by atoms with Gasteiger partial charge < -0.3 is 10.2 Å². The summed E-state index contributed by atoms with van der Waals surface area (Å²) in [5.41, 5.74) is 0. The van der Waals surface area contributed by atoms with Crippen LogP contribution in [0.4, 0.5) is 0 Å². The van der Waals surface area contributed by atoms with Gasteiger partial charge >= 0.3 is 0 Å². The molecule has 0 saturated heterocycles. The first-order chi connectivity index (χ1) is 6.72. The molecule has 1 unspecified atom stereocenters. The first kappa shape index (κ1) is 12.0. The molecule has 1 aliphatic carbocycles. The standard InChI is InChI=1S/C12H26N2/c1-4-11(2)10-14(3)9-5-8-13-12-6-7-12/h11-13H,4-10H2,1-3H3. The molecule has 2 heteroatoms. The van der Waals surface area contributed by atoms with Crippen molar-refractivity contribution in [1.29, 1.82) is 0 Å². The smallest absolute Gasteiger partial charge is 0.00682 e. The SMILES string of the molecule is CCC(C)CN(C)CCCNC1CC1. The Bertz CT molecular complexity index is 143. The minimum atomic E-state index is 0.844. The lowest BCUT2D eigenvalue weighted by Gasteiger charge is -2.20. The van der Waals surface area contributed by atoms with E-state index in [1.165, 1.54) is 45.3 Å². The van der Waals surface area contributed by atoms with E-state index in [0.717, 1.165) is 12.0 Å². The Balaban J connectivity index is 1.88. The fourth-order valence-corrected chi connectivity index (χ4v) is 1.70. The molecule has 0 aromatic heterocycles. The zero-order valence-electron chi connectivity index (χ0n) is 10.1. The van der Waals surface area contributed by atoms with Crippen LogP contribution in [0.3, 0.4) is 0 Å². The lowest BCUT2D eigenvalue weighted by Crippen LogP contribution is -2.28. The number of nitrogens with one attached hydrogen (secondary N) is 1. The van der Waals surface area contributed by atoms with Crippen LogP contribution in [-0.2, 0) is 0 Å². The lowest BCUT2D eigenvalue weighted by atomic mass is 10.1. The van der Waals surface area contributed by atoms with Crippen molar-refractivity contribution < 1.29 is 0 Å². The molecule has 0 aliphatic heterocycles. The molecule has 0 amide bonds. The summed E-state index contributed by atoms with van der Waals surface area (Å²) >= 11 is 0. The largest absolute Gasteiger partial charge is 0.314 e. The zero-order valence-corrected chi connectivity index (χ0v) is 10.1. The van der Waals surface area contributed by atoms with Crippen LogP contribution in [0.15, 0.2) is 0 Å². The van der Waals surface area contributed by atoms with E-state index >= 15 is 0 Å². The molecule has 1 atom stereocenters. The molecule has 84 valence electrons. The summed E-state index contributed by atoms with van der Waals surface area (Å²) in [6.07, 6.45) is 5.40. The summed E-state index contributed by atoms with van der Waals surface area (Å²) in [6, 6.07) is 0.870.